The Kier molecular flexibility index (Phi) is 3.96. The van der Waals surface area contributed by atoms with Crippen molar-refractivity contribution in [2.45, 2.75) is 12.8 Å². The molecule has 0 amide bonds. The first kappa shape index (κ1) is 14.2. The van der Waals surface area contributed by atoms with E-state index >= 15 is 0 Å². The fraction of sp³-hybridized carbons (Fsp3) is 0.471. The number of pyridine rings is 1. The quantitative estimate of drug-likeness (QED) is 0.861. The molecule has 0 aliphatic carbocycles. The number of anilines is 3. The molecule has 120 valence electrons. The van der Waals surface area contributed by atoms with Crippen LogP contribution in [-0.2, 0) is 0 Å². The first-order valence-corrected chi connectivity index (χ1v) is 8.39. The summed E-state index contributed by atoms with van der Waals surface area (Å²) in [6.07, 6.45) is 6.24. The Morgan fingerprint density at radius 1 is 0.652 bits per heavy atom. The van der Waals surface area contributed by atoms with E-state index < -0.39 is 0 Å². The van der Waals surface area contributed by atoms with Gasteiger partial charge in [0.25, 0.3) is 0 Å². The standard InChI is InChI=1S/C17H22N6/c1-2-7-18-15(5-1)21-11-13-22(14-12-21)16-6-8-19-17(20-16)23-9-3-4-10-23/h1-2,5-8H,3-4,9-14H2. The summed E-state index contributed by atoms with van der Waals surface area (Å²) < 4.78 is 0. The maximum absolute atomic E-state index is 4.78. The molecule has 23 heavy (non-hydrogen) atoms. The van der Waals surface area contributed by atoms with Crippen LogP contribution < -0.4 is 14.7 Å². The van der Waals surface area contributed by atoms with Gasteiger partial charge in [0.05, 0.1) is 0 Å². The average Bonchev–Trinajstić information content (AvgIpc) is 3.18. The van der Waals surface area contributed by atoms with Crippen molar-refractivity contribution in [3.63, 3.8) is 0 Å². The van der Waals surface area contributed by atoms with Crippen molar-refractivity contribution >= 4 is 17.6 Å². The Hall–Kier alpha value is -2.37. The molecule has 4 heterocycles. The van der Waals surface area contributed by atoms with Crippen LogP contribution in [0.15, 0.2) is 36.7 Å². The molecule has 0 aromatic carbocycles. The largest absolute Gasteiger partial charge is 0.353 e. The fourth-order valence-corrected chi connectivity index (χ4v) is 3.29. The van der Waals surface area contributed by atoms with Crippen molar-refractivity contribution in [1.82, 2.24) is 15.0 Å². The highest BCUT2D eigenvalue weighted by Gasteiger charge is 2.21. The van der Waals surface area contributed by atoms with E-state index in [1.54, 1.807) is 0 Å². The van der Waals surface area contributed by atoms with Crippen molar-refractivity contribution in [2.75, 3.05) is 54.0 Å². The Balaban J connectivity index is 1.43. The molecule has 6 nitrogen and oxygen atoms in total. The van der Waals surface area contributed by atoms with Crippen molar-refractivity contribution in [3.05, 3.63) is 36.7 Å². The lowest BCUT2D eigenvalue weighted by molar-refractivity contribution is 0.640. The van der Waals surface area contributed by atoms with E-state index in [4.69, 9.17) is 4.98 Å². The summed E-state index contributed by atoms with van der Waals surface area (Å²) >= 11 is 0. The van der Waals surface area contributed by atoms with Crippen LogP contribution in [0.5, 0.6) is 0 Å². The average molecular weight is 310 g/mol. The lowest BCUT2D eigenvalue weighted by Gasteiger charge is -2.36. The van der Waals surface area contributed by atoms with Crippen LogP contribution in [0.3, 0.4) is 0 Å². The summed E-state index contributed by atoms with van der Waals surface area (Å²) in [4.78, 5) is 20.6. The van der Waals surface area contributed by atoms with E-state index in [2.05, 4.69) is 30.7 Å². The van der Waals surface area contributed by atoms with Gasteiger partial charge in [-0.15, -0.1) is 0 Å². The number of hydrogen-bond donors (Lipinski definition) is 0. The molecule has 2 aromatic heterocycles. The van der Waals surface area contributed by atoms with Gasteiger partial charge in [-0.05, 0) is 31.0 Å². The van der Waals surface area contributed by atoms with Crippen molar-refractivity contribution in [1.29, 1.82) is 0 Å². The number of piperazine rings is 1. The van der Waals surface area contributed by atoms with Gasteiger partial charge in [0.15, 0.2) is 0 Å². The van der Waals surface area contributed by atoms with Gasteiger partial charge in [-0.1, -0.05) is 6.07 Å². The number of aromatic nitrogens is 3. The zero-order chi connectivity index (χ0) is 15.5. The highest BCUT2D eigenvalue weighted by molar-refractivity contribution is 5.47. The van der Waals surface area contributed by atoms with E-state index in [1.165, 1.54) is 12.8 Å². The molecule has 0 N–H and O–H groups in total. The van der Waals surface area contributed by atoms with Gasteiger partial charge in [0.2, 0.25) is 5.95 Å². The van der Waals surface area contributed by atoms with Crippen LogP contribution in [0.2, 0.25) is 0 Å². The summed E-state index contributed by atoms with van der Waals surface area (Å²) in [5.41, 5.74) is 0. The van der Waals surface area contributed by atoms with Gasteiger partial charge in [0.1, 0.15) is 11.6 Å². The molecule has 6 heteroatoms. The SMILES string of the molecule is c1ccc(N2CCN(c3ccnc(N4CCCC4)n3)CC2)nc1. The molecule has 0 radical (unpaired) electrons. The third kappa shape index (κ3) is 3.06. The maximum Gasteiger partial charge on any atom is 0.227 e. The third-order valence-electron chi connectivity index (χ3n) is 4.59. The predicted molar refractivity (Wildman–Crippen MR) is 92.1 cm³/mol. The molecular weight excluding hydrogens is 288 g/mol. The van der Waals surface area contributed by atoms with Crippen molar-refractivity contribution < 1.29 is 0 Å². The predicted octanol–water partition coefficient (Wildman–Crippen LogP) is 1.80. The molecule has 0 saturated carbocycles. The van der Waals surface area contributed by atoms with E-state index in [9.17, 15) is 0 Å². The van der Waals surface area contributed by atoms with Crippen molar-refractivity contribution in [3.8, 4) is 0 Å². The Morgan fingerprint density at radius 3 is 2.09 bits per heavy atom. The molecule has 0 unspecified atom stereocenters. The fourth-order valence-electron chi connectivity index (χ4n) is 3.29. The molecule has 2 fully saturated rings. The Bertz CT molecular complexity index is 633. The second-order valence-corrected chi connectivity index (χ2v) is 6.07. The highest BCUT2D eigenvalue weighted by Crippen LogP contribution is 2.21. The zero-order valence-electron chi connectivity index (χ0n) is 13.3. The van der Waals surface area contributed by atoms with Crippen LogP contribution in [0.1, 0.15) is 12.8 Å². The van der Waals surface area contributed by atoms with Crippen LogP contribution in [0.4, 0.5) is 17.6 Å². The van der Waals surface area contributed by atoms with Gasteiger partial charge in [-0.25, -0.2) is 9.97 Å². The minimum atomic E-state index is 0.882. The summed E-state index contributed by atoms with van der Waals surface area (Å²) in [6, 6.07) is 8.10. The van der Waals surface area contributed by atoms with Gasteiger partial charge in [-0.3, -0.25) is 0 Å². The zero-order valence-corrected chi connectivity index (χ0v) is 13.3. The van der Waals surface area contributed by atoms with E-state index in [0.717, 1.165) is 56.9 Å². The van der Waals surface area contributed by atoms with E-state index in [-0.39, 0.29) is 0 Å². The van der Waals surface area contributed by atoms with Gasteiger partial charge >= 0.3 is 0 Å². The molecule has 0 atom stereocenters. The minimum Gasteiger partial charge on any atom is -0.353 e. The number of hydrogen-bond acceptors (Lipinski definition) is 6. The highest BCUT2D eigenvalue weighted by atomic mass is 15.3. The lowest BCUT2D eigenvalue weighted by Crippen LogP contribution is -2.47. The molecule has 2 aromatic rings. The molecule has 2 aliphatic heterocycles. The smallest absolute Gasteiger partial charge is 0.227 e. The topological polar surface area (TPSA) is 48.4 Å². The number of nitrogens with zero attached hydrogens (tertiary/aromatic N) is 6. The second kappa shape index (κ2) is 6.40. The molecule has 0 bridgehead atoms. The second-order valence-electron chi connectivity index (χ2n) is 6.07. The maximum atomic E-state index is 4.78. The summed E-state index contributed by atoms with van der Waals surface area (Å²) in [5, 5.41) is 0. The van der Waals surface area contributed by atoms with Crippen LogP contribution in [0.25, 0.3) is 0 Å². The normalized spacial score (nSPS) is 18.5. The van der Waals surface area contributed by atoms with E-state index in [1.807, 2.05) is 30.6 Å². The van der Waals surface area contributed by atoms with E-state index in [0.29, 0.717) is 0 Å². The Morgan fingerprint density at radius 2 is 1.39 bits per heavy atom. The monoisotopic (exact) mass is 310 g/mol. The molecule has 0 spiro atoms. The Labute approximate surface area is 136 Å². The van der Waals surface area contributed by atoms with Crippen LogP contribution in [-0.4, -0.2) is 54.2 Å². The summed E-state index contributed by atoms with van der Waals surface area (Å²) in [5.74, 6) is 2.99. The molecule has 2 aliphatic rings. The first-order chi connectivity index (χ1) is 11.4. The minimum absolute atomic E-state index is 0.882. The summed E-state index contributed by atoms with van der Waals surface area (Å²) in [7, 11) is 0. The summed E-state index contributed by atoms with van der Waals surface area (Å²) in [6.45, 7) is 6.04. The molecule has 4 rings (SSSR count). The third-order valence-corrected chi connectivity index (χ3v) is 4.59. The molecular formula is C17H22N6. The van der Waals surface area contributed by atoms with Gasteiger partial charge in [-0.2, -0.15) is 4.98 Å². The van der Waals surface area contributed by atoms with Crippen molar-refractivity contribution in [2.24, 2.45) is 0 Å². The van der Waals surface area contributed by atoms with Gasteiger partial charge in [0, 0.05) is 51.7 Å². The first-order valence-electron chi connectivity index (χ1n) is 8.39. The number of rotatable bonds is 3. The lowest BCUT2D eigenvalue weighted by atomic mass is 10.3. The van der Waals surface area contributed by atoms with Crippen LogP contribution >= 0.6 is 0 Å². The molecule has 2 saturated heterocycles. The van der Waals surface area contributed by atoms with Gasteiger partial charge < -0.3 is 14.7 Å². The van der Waals surface area contributed by atoms with Crippen LogP contribution in [0, 0.1) is 0 Å².